The molecule has 0 spiro atoms. The molecule has 16 heavy (non-hydrogen) atoms. The molecule has 1 aromatic heterocycles. The minimum Gasteiger partial charge on any atom is -0.480 e. The molecular formula is C11H17N3O2. The van der Waals surface area contributed by atoms with Gasteiger partial charge in [-0.25, -0.2) is 0 Å². The third-order valence-corrected chi connectivity index (χ3v) is 2.70. The first-order chi connectivity index (χ1) is 7.78. The van der Waals surface area contributed by atoms with E-state index in [0.717, 1.165) is 19.4 Å². The Labute approximate surface area is 95.2 Å². The first-order valence-electron chi connectivity index (χ1n) is 5.54. The van der Waals surface area contributed by atoms with Gasteiger partial charge >= 0.3 is 0 Å². The average molecular weight is 223 g/mol. The standard InChI is InChI=1S/C11H17N3O2/c1-8-3-4-9(5-13-8)16-11-7-12-6-10(14-11)15-2/h6-9,13H,3-5H2,1-2H3/t8-,9+/m1/s1. The molecule has 1 fully saturated rings. The van der Waals surface area contributed by atoms with Crippen LogP contribution >= 0.6 is 0 Å². The summed E-state index contributed by atoms with van der Waals surface area (Å²) in [5, 5.41) is 3.38. The molecule has 2 rings (SSSR count). The Morgan fingerprint density at radius 1 is 1.31 bits per heavy atom. The maximum Gasteiger partial charge on any atom is 0.235 e. The van der Waals surface area contributed by atoms with Crippen molar-refractivity contribution in [2.24, 2.45) is 0 Å². The van der Waals surface area contributed by atoms with Crippen molar-refractivity contribution in [1.82, 2.24) is 15.3 Å². The number of methoxy groups -OCH3 is 1. The number of nitrogens with one attached hydrogen (secondary N) is 1. The Morgan fingerprint density at radius 2 is 2.12 bits per heavy atom. The van der Waals surface area contributed by atoms with E-state index in [-0.39, 0.29) is 6.10 Å². The number of piperidine rings is 1. The predicted molar refractivity (Wildman–Crippen MR) is 59.7 cm³/mol. The number of aromatic nitrogens is 2. The van der Waals surface area contributed by atoms with Crippen LogP contribution in [-0.4, -0.2) is 35.8 Å². The van der Waals surface area contributed by atoms with Crippen LogP contribution in [0.2, 0.25) is 0 Å². The molecule has 1 N–H and O–H groups in total. The lowest BCUT2D eigenvalue weighted by molar-refractivity contribution is 0.145. The van der Waals surface area contributed by atoms with Crippen molar-refractivity contribution in [2.45, 2.75) is 31.9 Å². The number of rotatable bonds is 3. The van der Waals surface area contributed by atoms with Gasteiger partial charge in [-0.15, -0.1) is 0 Å². The second kappa shape index (κ2) is 5.12. The number of nitrogens with zero attached hydrogens (tertiary/aromatic N) is 2. The fraction of sp³-hybridized carbons (Fsp3) is 0.636. The minimum atomic E-state index is 0.178. The van der Waals surface area contributed by atoms with Crippen molar-refractivity contribution in [3.05, 3.63) is 12.4 Å². The van der Waals surface area contributed by atoms with Crippen LogP contribution in [0.4, 0.5) is 0 Å². The zero-order valence-electron chi connectivity index (χ0n) is 9.64. The normalized spacial score (nSPS) is 25.1. The highest BCUT2D eigenvalue weighted by atomic mass is 16.5. The van der Waals surface area contributed by atoms with Crippen LogP contribution in [-0.2, 0) is 0 Å². The van der Waals surface area contributed by atoms with Crippen molar-refractivity contribution in [1.29, 1.82) is 0 Å². The Bertz CT molecular complexity index is 338. The molecule has 0 bridgehead atoms. The molecule has 2 heterocycles. The van der Waals surface area contributed by atoms with Gasteiger partial charge in [0.25, 0.3) is 0 Å². The van der Waals surface area contributed by atoms with Crippen LogP contribution in [0.5, 0.6) is 11.8 Å². The molecule has 0 radical (unpaired) electrons. The van der Waals surface area contributed by atoms with E-state index in [9.17, 15) is 0 Å². The van der Waals surface area contributed by atoms with Crippen LogP contribution in [0, 0.1) is 0 Å². The van der Waals surface area contributed by atoms with Crippen LogP contribution in [0.25, 0.3) is 0 Å². The van der Waals surface area contributed by atoms with Gasteiger partial charge in [0.1, 0.15) is 6.10 Å². The van der Waals surface area contributed by atoms with E-state index < -0.39 is 0 Å². The van der Waals surface area contributed by atoms with Gasteiger partial charge in [-0.1, -0.05) is 0 Å². The Morgan fingerprint density at radius 3 is 2.81 bits per heavy atom. The summed E-state index contributed by atoms with van der Waals surface area (Å²) in [4.78, 5) is 8.17. The summed E-state index contributed by atoms with van der Waals surface area (Å²) in [6.45, 7) is 3.04. The highest BCUT2D eigenvalue weighted by Crippen LogP contribution is 2.16. The van der Waals surface area contributed by atoms with E-state index >= 15 is 0 Å². The van der Waals surface area contributed by atoms with Gasteiger partial charge in [-0.3, -0.25) is 4.98 Å². The number of hydrogen-bond acceptors (Lipinski definition) is 5. The molecule has 0 saturated carbocycles. The van der Waals surface area contributed by atoms with E-state index in [1.165, 1.54) is 0 Å². The minimum absolute atomic E-state index is 0.178. The maximum atomic E-state index is 5.73. The molecule has 1 aliphatic rings. The predicted octanol–water partition coefficient (Wildman–Crippen LogP) is 1.00. The first-order valence-corrected chi connectivity index (χ1v) is 5.54. The molecule has 5 nitrogen and oxygen atoms in total. The van der Waals surface area contributed by atoms with Crippen LogP contribution in [0.15, 0.2) is 12.4 Å². The van der Waals surface area contributed by atoms with Crippen molar-refractivity contribution in [3.8, 4) is 11.8 Å². The summed E-state index contributed by atoms with van der Waals surface area (Å²) < 4.78 is 10.7. The summed E-state index contributed by atoms with van der Waals surface area (Å²) in [5.74, 6) is 1.01. The van der Waals surface area contributed by atoms with Gasteiger partial charge in [0.2, 0.25) is 11.8 Å². The highest BCUT2D eigenvalue weighted by Gasteiger charge is 2.19. The highest BCUT2D eigenvalue weighted by molar-refractivity contribution is 5.12. The SMILES string of the molecule is COc1cncc(O[C@H]2CC[C@@H](C)NC2)n1. The van der Waals surface area contributed by atoms with Crippen LogP contribution in [0.3, 0.4) is 0 Å². The lowest BCUT2D eigenvalue weighted by Gasteiger charge is -2.27. The van der Waals surface area contributed by atoms with Crippen molar-refractivity contribution >= 4 is 0 Å². The zero-order valence-corrected chi connectivity index (χ0v) is 9.64. The van der Waals surface area contributed by atoms with E-state index in [1.807, 2.05) is 0 Å². The van der Waals surface area contributed by atoms with Gasteiger partial charge in [-0.2, -0.15) is 4.98 Å². The summed E-state index contributed by atoms with van der Waals surface area (Å²) in [5.41, 5.74) is 0. The molecule has 1 aromatic rings. The van der Waals surface area contributed by atoms with E-state index in [2.05, 4.69) is 22.2 Å². The lowest BCUT2D eigenvalue weighted by Crippen LogP contribution is -2.42. The van der Waals surface area contributed by atoms with Gasteiger partial charge in [0, 0.05) is 12.6 Å². The maximum absolute atomic E-state index is 5.73. The Hall–Kier alpha value is -1.36. The van der Waals surface area contributed by atoms with E-state index in [0.29, 0.717) is 17.8 Å². The monoisotopic (exact) mass is 223 g/mol. The zero-order chi connectivity index (χ0) is 11.4. The molecule has 0 unspecified atom stereocenters. The molecule has 1 saturated heterocycles. The summed E-state index contributed by atoms with van der Waals surface area (Å²) in [6, 6.07) is 0.580. The van der Waals surface area contributed by atoms with Gasteiger partial charge in [0.05, 0.1) is 19.5 Å². The topological polar surface area (TPSA) is 56.3 Å². The largest absolute Gasteiger partial charge is 0.480 e. The van der Waals surface area contributed by atoms with E-state index in [4.69, 9.17) is 9.47 Å². The third kappa shape index (κ3) is 2.82. The second-order valence-corrected chi connectivity index (χ2v) is 4.03. The Kier molecular flexibility index (Phi) is 3.56. The average Bonchev–Trinajstić information content (AvgIpc) is 2.32. The van der Waals surface area contributed by atoms with Crippen molar-refractivity contribution < 1.29 is 9.47 Å². The third-order valence-electron chi connectivity index (χ3n) is 2.70. The molecule has 0 aromatic carbocycles. The molecular weight excluding hydrogens is 206 g/mol. The van der Waals surface area contributed by atoms with Crippen molar-refractivity contribution in [3.63, 3.8) is 0 Å². The molecule has 2 atom stereocenters. The summed E-state index contributed by atoms with van der Waals surface area (Å²) in [7, 11) is 1.57. The molecule has 0 aliphatic carbocycles. The number of hydrogen-bond donors (Lipinski definition) is 1. The lowest BCUT2D eigenvalue weighted by atomic mass is 10.0. The molecule has 88 valence electrons. The van der Waals surface area contributed by atoms with Crippen molar-refractivity contribution in [2.75, 3.05) is 13.7 Å². The Balaban J connectivity index is 1.93. The first kappa shape index (κ1) is 11.1. The summed E-state index contributed by atoms with van der Waals surface area (Å²) in [6.07, 6.45) is 5.53. The van der Waals surface area contributed by atoms with Gasteiger partial charge in [-0.05, 0) is 19.8 Å². The van der Waals surface area contributed by atoms with Crippen LogP contribution in [0.1, 0.15) is 19.8 Å². The quantitative estimate of drug-likeness (QED) is 0.828. The molecule has 1 aliphatic heterocycles. The fourth-order valence-electron chi connectivity index (χ4n) is 1.73. The summed E-state index contributed by atoms with van der Waals surface area (Å²) >= 11 is 0. The number of ether oxygens (including phenoxy) is 2. The second-order valence-electron chi connectivity index (χ2n) is 4.03. The smallest absolute Gasteiger partial charge is 0.235 e. The van der Waals surface area contributed by atoms with Crippen LogP contribution < -0.4 is 14.8 Å². The van der Waals surface area contributed by atoms with E-state index in [1.54, 1.807) is 19.5 Å². The molecule has 0 amide bonds. The fourth-order valence-corrected chi connectivity index (χ4v) is 1.73. The van der Waals surface area contributed by atoms with Gasteiger partial charge in [0.15, 0.2) is 0 Å². The molecule has 5 heteroatoms. The van der Waals surface area contributed by atoms with Gasteiger partial charge < -0.3 is 14.8 Å².